The number of esters is 1. The normalized spacial score (nSPS) is 24.4. The minimum absolute atomic E-state index is 0.0173. The van der Waals surface area contributed by atoms with E-state index in [1.54, 1.807) is 13.8 Å². The van der Waals surface area contributed by atoms with Crippen molar-refractivity contribution in [1.82, 2.24) is 0 Å². The molecule has 0 radical (unpaired) electrons. The number of phenolic OH excluding ortho intramolecular Hbond substituents is 2. The van der Waals surface area contributed by atoms with E-state index in [1.165, 1.54) is 6.92 Å². The van der Waals surface area contributed by atoms with Gasteiger partial charge in [-0.15, -0.1) is 0 Å². The Morgan fingerprint density at radius 3 is 2.47 bits per heavy atom. The lowest BCUT2D eigenvalue weighted by Gasteiger charge is -2.28. The second kappa shape index (κ2) is 3.37. The number of aliphatic hydroxyl groups is 1. The monoisotopic (exact) mass is 238 g/mol. The molecule has 1 heterocycles. The van der Waals surface area contributed by atoms with Gasteiger partial charge in [0.15, 0.2) is 5.60 Å². The maximum atomic E-state index is 11.7. The number of ether oxygens (including phenoxy) is 1. The predicted octanol–water partition coefficient (Wildman–Crippen LogP) is 1.17. The predicted molar refractivity (Wildman–Crippen MR) is 59.0 cm³/mol. The van der Waals surface area contributed by atoms with E-state index < -0.39 is 17.7 Å². The Hall–Kier alpha value is -1.75. The second-order valence-corrected chi connectivity index (χ2v) is 4.46. The van der Waals surface area contributed by atoms with Crippen LogP contribution in [0.3, 0.4) is 0 Å². The first kappa shape index (κ1) is 11.7. The fourth-order valence-electron chi connectivity index (χ4n) is 2.17. The Morgan fingerprint density at radius 1 is 1.35 bits per heavy atom. The maximum Gasteiger partial charge on any atom is 0.343 e. The van der Waals surface area contributed by atoms with Crippen molar-refractivity contribution in [2.75, 3.05) is 0 Å². The molecule has 5 nitrogen and oxygen atoms in total. The molecule has 0 amide bonds. The third kappa shape index (κ3) is 1.39. The smallest absolute Gasteiger partial charge is 0.343 e. The lowest BCUT2D eigenvalue weighted by Crippen LogP contribution is -2.35. The Morgan fingerprint density at radius 2 is 1.94 bits per heavy atom. The highest BCUT2D eigenvalue weighted by Gasteiger charge is 2.48. The van der Waals surface area contributed by atoms with Crippen LogP contribution in [-0.4, -0.2) is 27.4 Å². The zero-order chi connectivity index (χ0) is 13.0. The average Bonchev–Trinajstić information content (AvgIpc) is 2.49. The number of aromatic hydroxyl groups is 2. The SMILES string of the molecule is Cc1c(O)cc(O)c2c1C(C)(C(C)O)OC2=O. The molecular weight excluding hydrogens is 224 g/mol. The highest BCUT2D eigenvalue weighted by Crippen LogP contribution is 2.46. The summed E-state index contributed by atoms with van der Waals surface area (Å²) >= 11 is 0. The number of benzene rings is 1. The molecule has 0 aromatic heterocycles. The van der Waals surface area contributed by atoms with Crippen molar-refractivity contribution in [2.24, 2.45) is 0 Å². The molecule has 0 saturated heterocycles. The van der Waals surface area contributed by atoms with E-state index in [2.05, 4.69) is 0 Å². The van der Waals surface area contributed by atoms with Crippen LogP contribution in [0.2, 0.25) is 0 Å². The maximum absolute atomic E-state index is 11.7. The first-order valence-electron chi connectivity index (χ1n) is 5.26. The van der Waals surface area contributed by atoms with Gasteiger partial charge in [0.25, 0.3) is 0 Å². The Balaban J connectivity index is 2.81. The third-order valence-corrected chi connectivity index (χ3v) is 3.34. The van der Waals surface area contributed by atoms with Gasteiger partial charge in [0, 0.05) is 11.6 Å². The number of rotatable bonds is 1. The molecule has 3 N–H and O–H groups in total. The highest BCUT2D eigenvalue weighted by atomic mass is 16.6. The van der Waals surface area contributed by atoms with Crippen molar-refractivity contribution in [3.63, 3.8) is 0 Å². The van der Waals surface area contributed by atoms with Gasteiger partial charge in [-0.1, -0.05) is 0 Å². The fourth-order valence-corrected chi connectivity index (χ4v) is 2.17. The van der Waals surface area contributed by atoms with Crippen molar-refractivity contribution in [1.29, 1.82) is 0 Å². The van der Waals surface area contributed by atoms with E-state index in [-0.39, 0.29) is 17.1 Å². The molecule has 0 bridgehead atoms. The summed E-state index contributed by atoms with van der Waals surface area (Å²) in [4.78, 5) is 11.7. The lowest BCUT2D eigenvalue weighted by atomic mass is 9.85. The Kier molecular flexibility index (Phi) is 2.32. The van der Waals surface area contributed by atoms with Gasteiger partial charge in [-0.3, -0.25) is 0 Å². The van der Waals surface area contributed by atoms with Gasteiger partial charge in [0.2, 0.25) is 0 Å². The molecule has 5 heteroatoms. The zero-order valence-electron chi connectivity index (χ0n) is 9.81. The lowest BCUT2D eigenvalue weighted by molar-refractivity contribution is -0.0659. The van der Waals surface area contributed by atoms with E-state index in [4.69, 9.17) is 4.74 Å². The van der Waals surface area contributed by atoms with Crippen LogP contribution < -0.4 is 0 Å². The summed E-state index contributed by atoms with van der Waals surface area (Å²) in [6.07, 6.45) is -0.951. The summed E-state index contributed by atoms with van der Waals surface area (Å²) in [6.45, 7) is 4.65. The number of phenols is 2. The summed E-state index contributed by atoms with van der Waals surface area (Å²) < 4.78 is 5.14. The summed E-state index contributed by atoms with van der Waals surface area (Å²) in [7, 11) is 0. The molecule has 0 spiro atoms. The number of carbonyl (C=O) groups excluding carboxylic acids is 1. The zero-order valence-corrected chi connectivity index (χ0v) is 9.81. The summed E-state index contributed by atoms with van der Waals surface area (Å²) in [5.74, 6) is -1.16. The molecule has 2 rings (SSSR count). The largest absolute Gasteiger partial charge is 0.508 e. The molecule has 17 heavy (non-hydrogen) atoms. The van der Waals surface area contributed by atoms with Crippen LogP contribution in [0.25, 0.3) is 0 Å². The standard InChI is InChI=1S/C12H14O5/c1-5-7(14)4-8(15)9-10(5)12(3,6(2)13)17-11(9)16/h4,6,13-15H,1-3H3. The first-order valence-corrected chi connectivity index (χ1v) is 5.26. The number of hydrogen-bond acceptors (Lipinski definition) is 5. The van der Waals surface area contributed by atoms with Gasteiger partial charge in [0.05, 0.1) is 6.10 Å². The molecule has 2 atom stereocenters. The van der Waals surface area contributed by atoms with Gasteiger partial charge in [0.1, 0.15) is 17.1 Å². The molecule has 2 unspecified atom stereocenters. The van der Waals surface area contributed by atoms with Crippen LogP contribution in [0, 0.1) is 6.92 Å². The van der Waals surface area contributed by atoms with Crippen LogP contribution in [-0.2, 0) is 10.3 Å². The van der Waals surface area contributed by atoms with Crippen molar-refractivity contribution in [2.45, 2.75) is 32.5 Å². The van der Waals surface area contributed by atoms with Gasteiger partial charge in [-0.2, -0.15) is 0 Å². The first-order chi connectivity index (χ1) is 7.79. The number of carbonyl (C=O) groups is 1. The molecule has 1 aromatic carbocycles. The van der Waals surface area contributed by atoms with E-state index in [0.717, 1.165) is 6.07 Å². The van der Waals surface area contributed by atoms with Crippen molar-refractivity contribution >= 4 is 5.97 Å². The van der Waals surface area contributed by atoms with Crippen molar-refractivity contribution in [3.05, 3.63) is 22.8 Å². The highest BCUT2D eigenvalue weighted by molar-refractivity contribution is 5.98. The topological polar surface area (TPSA) is 87.0 Å². The quantitative estimate of drug-likeness (QED) is 0.639. The van der Waals surface area contributed by atoms with E-state index in [0.29, 0.717) is 11.1 Å². The number of fused-ring (bicyclic) bond motifs is 1. The fraction of sp³-hybridized carbons (Fsp3) is 0.417. The third-order valence-electron chi connectivity index (χ3n) is 3.34. The molecule has 92 valence electrons. The van der Waals surface area contributed by atoms with Crippen LogP contribution in [0.15, 0.2) is 6.07 Å². The van der Waals surface area contributed by atoms with Gasteiger partial charge < -0.3 is 20.1 Å². The van der Waals surface area contributed by atoms with Crippen LogP contribution in [0.5, 0.6) is 11.5 Å². The molecule has 1 aliphatic heterocycles. The van der Waals surface area contributed by atoms with Gasteiger partial charge in [-0.05, 0) is 26.3 Å². The number of hydrogen-bond donors (Lipinski definition) is 3. The van der Waals surface area contributed by atoms with Crippen molar-refractivity contribution < 1.29 is 24.9 Å². The summed E-state index contributed by atoms with van der Waals surface area (Å²) in [5, 5.41) is 29.1. The van der Waals surface area contributed by atoms with Crippen LogP contribution in [0.4, 0.5) is 0 Å². The molecular formula is C12H14O5. The second-order valence-electron chi connectivity index (χ2n) is 4.46. The van der Waals surface area contributed by atoms with Gasteiger partial charge in [-0.25, -0.2) is 4.79 Å². The molecule has 0 fully saturated rings. The number of cyclic esters (lactones) is 1. The Labute approximate surface area is 98.3 Å². The molecule has 0 saturated carbocycles. The minimum atomic E-state index is -1.24. The Bertz CT molecular complexity index is 506. The van der Waals surface area contributed by atoms with Crippen LogP contribution in [0.1, 0.15) is 35.3 Å². The molecule has 1 aliphatic rings. The average molecular weight is 238 g/mol. The van der Waals surface area contributed by atoms with E-state index in [9.17, 15) is 20.1 Å². The summed E-state index contributed by atoms with van der Waals surface area (Å²) in [6, 6.07) is 1.10. The molecule has 0 aliphatic carbocycles. The summed E-state index contributed by atoms with van der Waals surface area (Å²) in [5.41, 5.74) is -0.460. The van der Waals surface area contributed by atoms with E-state index >= 15 is 0 Å². The van der Waals surface area contributed by atoms with Crippen molar-refractivity contribution in [3.8, 4) is 11.5 Å². The molecule has 1 aromatic rings. The minimum Gasteiger partial charge on any atom is -0.508 e. The van der Waals surface area contributed by atoms with E-state index in [1.807, 2.05) is 0 Å². The van der Waals surface area contributed by atoms with Gasteiger partial charge >= 0.3 is 5.97 Å². The number of aliphatic hydroxyl groups excluding tert-OH is 1. The van der Waals surface area contributed by atoms with Crippen LogP contribution >= 0.6 is 0 Å².